The summed E-state index contributed by atoms with van der Waals surface area (Å²) in [6.07, 6.45) is 0. The minimum Gasteiger partial charge on any atom is -0.482 e. The molecule has 1 fully saturated rings. The van der Waals surface area contributed by atoms with Gasteiger partial charge in [-0.2, -0.15) is 0 Å². The number of halogens is 2. The Hall–Kier alpha value is -3.53. The van der Waals surface area contributed by atoms with E-state index < -0.39 is 36.0 Å². The molecule has 2 aliphatic rings. The van der Waals surface area contributed by atoms with Crippen molar-refractivity contribution in [3.05, 3.63) is 53.6 Å². The number of amides is 2. The van der Waals surface area contributed by atoms with Crippen LogP contribution in [0.15, 0.2) is 36.4 Å². The molecule has 8 nitrogen and oxygen atoms in total. The first-order valence-corrected chi connectivity index (χ1v) is 10.4. The second kappa shape index (κ2) is 9.53. The van der Waals surface area contributed by atoms with Gasteiger partial charge < -0.3 is 19.1 Å². The van der Waals surface area contributed by atoms with Crippen molar-refractivity contribution >= 4 is 23.3 Å². The van der Waals surface area contributed by atoms with Crippen molar-refractivity contribution in [3.8, 4) is 11.5 Å². The second-order valence-electron chi connectivity index (χ2n) is 7.64. The number of Topliss-reactive ketones (excluding diaryl/α,β-unsaturated/α-hetero) is 1. The van der Waals surface area contributed by atoms with Crippen LogP contribution in [0.25, 0.3) is 0 Å². The topological polar surface area (TPSA) is 85.4 Å². The van der Waals surface area contributed by atoms with Crippen LogP contribution in [0.5, 0.6) is 11.5 Å². The van der Waals surface area contributed by atoms with Crippen molar-refractivity contribution in [1.29, 1.82) is 0 Å². The summed E-state index contributed by atoms with van der Waals surface area (Å²) in [5.41, 5.74) is 0.477. The molecule has 2 aliphatic heterocycles. The lowest BCUT2D eigenvalue weighted by Crippen LogP contribution is -2.54. The van der Waals surface area contributed by atoms with E-state index in [0.717, 1.165) is 12.1 Å². The number of nitrogens with zero attached hydrogens (tertiary/aromatic N) is 2. The normalized spacial score (nSPS) is 16.6. The molecule has 0 aromatic heterocycles. The second-order valence-corrected chi connectivity index (χ2v) is 7.64. The Morgan fingerprint density at radius 1 is 1.12 bits per heavy atom. The molecule has 174 valence electrons. The third-order valence-electron chi connectivity index (χ3n) is 5.48. The predicted molar refractivity (Wildman–Crippen MR) is 112 cm³/mol. The Balaban J connectivity index is 1.53. The third-order valence-corrected chi connectivity index (χ3v) is 5.48. The molecule has 10 heteroatoms. The van der Waals surface area contributed by atoms with Crippen LogP contribution in [-0.2, 0) is 14.3 Å². The average molecular weight is 460 g/mol. The van der Waals surface area contributed by atoms with Crippen LogP contribution in [0.1, 0.15) is 17.3 Å². The molecule has 0 bridgehead atoms. The molecule has 1 atom stereocenters. The summed E-state index contributed by atoms with van der Waals surface area (Å²) in [6, 6.07) is 6.44. The maximum Gasteiger partial charge on any atom is 0.265 e. The summed E-state index contributed by atoms with van der Waals surface area (Å²) in [6.45, 7) is 2.62. The highest BCUT2D eigenvalue weighted by molar-refractivity contribution is 6.05. The van der Waals surface area contributed by atoms with E-state index in [9.17, 15) is 23.2 Å². The number of fused-ring (bicyclic) bond motifs is 1. The first-order valence-electron chi connectivity index (χ1n) is 10.4. The molecule has 2 heterocycles. The molecule has 0 saturated carbocycles. The highest BCUT2D eigenvalue weighted by atomic mass is 19.1. The molecule has 1 unspecified atom stereocenters. The van der Waals surface area contributed by atoms with Crippen molar-refractivity contribution < 1.29 is 37.4 Å². The minimum atomic E-state index is -0.922. The van der Waals surface area contributed by atoms with Gasteiger partial charge in [-0.15, -0.1) is 0 Å². The zero-order chi connectivity index (χ0) is 23.5. The molecule has 0 radical (unpaired) electrons. The maximum atomic E-state index is 13.8. The number of hydrogen-bond donors (Lipinski definition) is 0. The van der Waals surface area contributed by atoms with Crippen LogP contribution in [0, 0.1) is 11.6 Å². The fourth-order valence-electron chi connectivity index (χ4n) is 3.75. The number of rotatable bonds is 6. The first-order chi connectivity index (χ1) is 15.8. The summed E-state index contributed by atoms with van der Waals surface area (Å²) in [5.74, 6) is -2.71. The van der Waals surface area contributed by atoms with Gasteiger partial charge in [0, 0.05) is 24.7 Å². The van der Waals surface area contributed by atoms with Crippen molar-refractivity contribution in [3.63, 3.8) is 0 Å². The summed E-state index contributed by atoms with van der Waals surface area (Å²) < 4.78 is 42.7. The zero-order valence-corrected chi connectivity index (χ0v) is 17.9. The molecule has 1 saturated heterocycles. The fourth-order valence-corrected chi connectivity index (χ4v) is 3.75. The van der Waals surface area contributed by atoms with Gasteiger partial charge in [0.05, 0.1) is 18.9 Å². The van der Waals surface area contributed by atoms with Crippen LogP contribution in [-0.4, -0.2) is 68.1 Å². The van der Waals surface area contributed by atoms with Gasteiger partial charge in [0.1, 0.15) is 17.6 Å². The minimum absolute atomic E-state index is 0.186. The summed E-state index contributed by atoms with van der Waals surface area (Å²) >= 11 is 0. The molecule has 33 heavy (non-hydrogen) atoms. The Kier molecular flexibility index (Phi) is 6.55. The lowest BCUT2D eigenvalue weighted by molar-refractivity contribution is -0.138. The summed E-state index contributed by atoms with van der Waals surface area (Å²) in [4.78, 5) is 41.3. The van der Waals surface area contributed by atoms with Crippen molar-refractivity contribution in [1.82, 2.24) is 4.90 Å². The van der Waals surface area contributed by atoms with Gasteiger partial charge in [0.2, 0.25) is 5.91 Å². The average Bonchev–Trinajstić information content (AvgIpc) is 2.82. The first kappa shape index (κ1) is 22.7. The van der Waals surface area contributed by atoms with E-state index in [1.54, 1.807) is 11.8 Å². The van der Waals surface area contributed by atoms with E-state index in [0.29, 0.717) is 43.8 Å². The van der Waals surface area contributed by atoms with E-state index in [-0.39, 0.29) is 23.8 Å². The Labute approximate surface area is 188 Å². The number of morpholine rings is 1. The van der Waals surface area contributed by atoms with E-state index in [2.05, 4.69) is 0 Å². The largest absolute Gasteiger partial charge is 0.482 e. The van der Waals surface area contributed by atoms with Crippen LogP contribution in [0.3, 0.4) is 0 Å². The van der Waals surface area contributed by atoms with E-state index in [4.69, 9.17) is 14.2 Å². The number of carbonyl (C=O) groups is 3. The summed E-state index contributed by atoms with van der Waals surface area (Å²) in [7, 11) is 0. The number of ether oxygens (including phenoxy) is 3. The third kappa shape index (κ3) is 4.80. The van der Waals surface area contributed by atoms with Crippen molar-refractivity contribution in [2.24, 2.45) is 0 Å². The van der Waals surface area contributed by atoms with Crippen LogP contribution >= 0.6 is 0 Å². The Morgan fingerprint density at radius 2 is 1.88 bits per heavy atom. The lowest BCUT2D eigenvalue weighted by Gasteiger charge is -2.37. The molecule has 0 aliphatic carbocycles. The molecule has 4 rings (SSSR count). The highest BCUT2D eigenvalue weighted by Gasteiger charge is 2.36. The van der Waals surface area contributed by atoms with Crippen molar-refractivity contribution in [2.75, 3.05) is 44.4 Å². The molecule has 2 aromatic carbocycles. The summed E-state index contributed by atoms with van der Waals surface area (Å²) in [5, 5.41) is 0. The van der Waals surface area contributed by atoms with Gasteiger partial charge >= 0.3 is 0 Å². The molecule has 2 aromatic rings. The van der Waals surface area contributed by atoms with Crippen molar-refractivity contribution in [2.45, 2.75) is 13.0 Å². The molecular weight excluding hydrogens is 438 g/mol. The predicted octanol–water partition coefficient (Wildman–Crippen LogP) is 2.20. The van der Waals surface area contributed by atoms with Gasteiger partial charge in [-0.1, -0.05) is 0 Å². The monoisotopic (exact) mass is 460 g/mol. The number of anilines is 1. The number of benzene rings is 2. The number of carbonyl (C=O) groups excluding carboxylic acids is 3. The fraction of sp³-hybridized carbons (Fsp3) is 0.348. The van der Waals surface area contributed by atoms with Crippen LogP contribution < -0.4 is 14.4 Å². The molecule has 2 amide bonds. The SMILES string of the molecule is CC(C(=O)N1CCOCC1)N1C(=O)COc2ccc(C(=O)COc3ccc(F)cc3F)cc21. The lowest BCUT2D eigenvalue weighted by atomic mass is 10.1. The van der Waals surface area contributed by atoms with Crippen LogP contribution in [0.2, 0.25) is 0 Å². The molecule has 0 spiro atoms. The standard InChI is InChI=1S/C23H22F2N2O6/c1-14(23(30)26-6-8-31-9-7-26)27-18-10-15(2-4-21(18)33-13-22(27)29)19(28)12-32-20-5-3-16(24)11-17(20)25/h2-5,10-11,14H,6-9,12-13H2,1H3. The smallest absolute Gasteiger partial charge is 0.265 e. The molecule has 0 N–H and O–H groups in total. The number of hydrogen-bond acceptors (Lipinski definition) is 6. The van der Waals surface area contributed by atoms with Gasteiger partial charge in [-0.25, -0.2) is 8.78 Å². The zero-order valence-electron chi connectivity index (χ0n) is 17.9. The number of ketones is 1. The van der Waals surface area contributed by atoms with Gasteiger partial charge in [-0.3, -0.25) is 19.3 Å². The Bertz CT molecular complexity index is 1090. The molecular formula is C23H22F2N2O6. The highest BCUT2D eigenvalue weighted by Crippen LogP contribution is 2.35. The van der Waals surface area contributed by atoms with E-state index >= 15 is 0 Å². The maximum absolute atomic E-state index is 13.8. The van der Waals surface area contributed by atoms with E-state index in [1.165, 1.54) is 23.1 Å². The van der Waals surface area contributed by atoms with E-state index in [1.807, 2.05) is 0 Å². The van der Waals surface area contributed by atoms with Crippen LogP contribution in [0.4, 0.5) is 14.5 Å². The van der Waals surface area contributed by atoms with Gasteiger partial charge in [0.25, 0.3) is 5.91 Å². The Morgan fingerprint density at radius 3 is 2.61 bits per heavy atom. The quantitative estimate of drug-likeness (QED) is 0.615. The van der Waals surface area contributed by atoms with Gasteiger partial charge in [0.15, 0.2) is 30.6 Å². The van der Waals surface area contributed by atoms with Gasteiger partial charge in [-0.05, 0) is 37.3 Å².